The lowest BCUT2D eigenvalue weighted by Crippen LogP contribution is -2.44. The van der Waals surface area contributed by atoms with E-state index in [2.05, 4.69) is 17.4 Å². The highest BCUT2D eigenvalue weighted by Gasteiger charge is 2.32. The monoisotopic (exact) mass is 294 g/mol. The highest BCUT2D eigenvalue weighted by atomic mass is 16.2. The van der Waals surface area contributed by atoms with E-state index in [1.54, 1.807) is 0 Å². The van der Waals surface area contributed by atoms with Crippen molar-refractivity contribution in [2.24, 2.45) is 11.7 Å². The molecular weight excluding hydrogens is 276 g/mol. The van der Waals surface area contributed by atoms with Gasteiger partial charge < -0.3 is 5.73 Å². The SMILES string of the molecule is NC(c1ccc(-c2ccccc2)cc1)C1CCC(=O)NC1=O. The number of piperidine rings is 1. The quantitative estimate of drug-likeness (QED) is 0.854. The number of hydrogen-bond donors (Lipinski definition) is 2. The predicted octanol–water partition coefficient (Wildman–Crippen LogP) is 2.41. The zero-order chi connectivity index (χ0) is 15.5. The predicted molar refractivity (Wildman–Crippen MR) is 84.7 cm³/mol. The minimum Gasteiger partial charge on any atom is -0.323 e. The van der Waals surface area contributed by atoms with E-state index in [-0.39, 0.29) is 17.7 Å². The van der Waals surface area contributed by atoms with Crippen molar-refractivity contribution in [3.8, 4) is 11.1 Å². The van der Waals surface area contributed by atoms with Crippen LogP contribution in [0.1, 0.15) is 24.4 Å². The molecule has 2 amide bonds. The van der Waals surface area contributed by atoms with Gasteiger partial charge in [0.05, 0.1) is 5.92 Å². The molecule has 3 N–H and O–H groups in total. The van der Waals surface area contributed by atoms with Gasteiger partial charge in [-0.2, -0.15) is 0 Å². The molecule has 1 saturated heterocycles. The van der Waals surface area contributed by atoms with Gasteiger partial charge in [0.2, 0.25) is 11.8 Å². The first-order valence-corrected chi connectivity index (χ1v) is 7.40. The van der Waals surface area contributed by atoms with Gasteiger partial charge in [-0.3, -0.25) is 14.9 Å². The van der Waals surface area contributed by atoms with E-state index >= 15 is 0 Å². The van der Waals surface area contributed by atoms with Gasteiger partial charge in [0.1, 0.15) is 0 Å². The van der Waals surface area contributed by atoms with Gasteiger partial charge in [0.25, 0.3) is 0 Å². The van der Waals surface area contributed by atoms with E-state index in [1.165, 1.54) is 0 Å². The summed E-state index contributed by atoms with van der Waals surface area (Å²) in [6.45, 7) is 0. The zero-order valence-electron chi connectivity index (χ0n) is 12.2. The minimum absolute atomic E-state index is 0.215. The van der Waals surface area contributed by atoms with Gasteiger partial charge in [0.15, 0.2) is 0 Å². The Bertz CT molecular complexity index is 680. The zero-order valence-corrected chi connectivity index (χ0v) is 12.2. The molecule has 0 saturated carbocycles. The summed E-state index contributed by atoms with van der Waals surface area (Å²) in [7, 11) is 0. The highest BCUT2D eigenvalue weighted by Crippen LogP contribution is 2.28. The molecule has 1 heterocycles. The van der Waals surface area contributed by atoms with Crippen molar-refractivity contribution in [2.75, 3.05) is 0 Å². The standard InChI is InChI=1S/C18H18N2O2/c19-17(15-10-11-16(21)20-18(15)22)14-8-6-13(7-9-14)12-4-2-1-3-5-12/h1-9,15,17H,10-11,19H2,(H,20,21,22). The Morgan fingerprint density at radius 3 is 2.23 bits per heavy atom. The van der Waals surface area contributed by atoms with Crippen LogP contribution in [0, 0.1) is 5.92 Å². The maximum atomic E-state index is 11.9. The fraction of sp³-hybridized carbons (Fsp3) is 0.222. The number of rotatable bonds is 3. The first kappa shape index (κ1) is 14.5. The molecule has 2 aromatic rings. The van der Waals surface area contributed by atoms with E-state index in [4.69, 9.17) is 5.73 Å². The molecule has 3 rings (SSSR count). The highest BCUT2D eigenvalue weighted by molar-refractivity contribution is 5.99. The van der Waals surface area contributed by atoms with E-state index < -0.39 is 6.04 Å². The van der Waals surface area contributed by atoms with Crippen LogP contribution < -0.4 is 11.1 Å². The van der Waals surface area contributed by atoms with Crippen LogP contribution in [0.2, 0.25) is 0 Å². The molecule has 0 bridgehead atoms. The fourth-order valence-corrected chi connectivity index (χ4v) is 2.81. The van der Waals surface area contributed by atoms with Crippen LogP contribution in [-0.4, -0.2) is 11.8 Å². The molecule has 0 aromatic heterocycles. The number of nitrogens with one attached hydrogen (secondary N) is 1. The summed E-state index contributed by atoms with van der Waals surface area (Å²) < 4.78 is 0. The van der Waals surface area contributed by atoms with Gasteiger partial charge in [-0.05, 0) is 23.1 Å². The first-order chi connectivity index (χ1) is 10.6. The van der Waals surface area contributed by atoms with Gasteiger partial charge in [0, 0.05) is 12.5 Å². The first-order valence-electron chi connectivity index (χ1n) is 7.40. The lowest BCUT2D eigenvalue weighted by Gasteiger charge is -2.26. The lowest BCUT2D eigenvalue weighted by atomic mass is 9.86. The summed E-state index contributed by atoms with van der Waals surface area (Å²) in [4.78, 5) is 23.1. The van der Waals surface area contributed by atoms with E-state index in [0.717, 1.165) is 16.7 Å². The molecule has 4 heteroatoms. The van der Waals surface area contributed by atoms with Gasteiger partial charge in [-0.25, -0.2) is 0 Å². The fourth-order valence-electron chi connectivity index (χ4n) is 2.81. The van der Waals surface area contributed by atoms with Gasteiger partial charge in [-0.15, -0.1) is 0 Å². The van der Waals surface area contributed by atoms with E-state index in [1.807, 2.05) is 42.5 Å². The lowest BCUT2D eigenvalue weighted by molar-refractivity contribution is -0.136. The van der Waals surface area contributed by atoms with Gasteiger partial charge in [-0.1, -0.05) is 54.6 Å². The van der Waals surface area contributed by atoms with Crippen LogP contribution in [0.3, 0.4) is 0 Å². The second-order valence-corrected chi connectivity index (χ2v) is 5.57. The Kier molecular flexibility index (Phi) is 4.02. The third kappa shape index (κ3) is 2.92. The molecule has 0 aliphatic carbocycles. The average Bonchev–Trinajstić information content (AvgIpc) is 2.55. The van der Waals surface area contributed by atoms with Crippen molar-refractivity contribution < 1.29 is 9.59 Å². The summed E-state index contributed by atoms with van der Waals surface area (Å²) in [6.07, 6.45) is 0.860. The molecule has 1 fully saturated rings. The molecular formula is C18H18N2O2. The van der Waals surface area contributed by atoms with Crippen LogP contribution in [0.4, 0.5) is 0 Å². The summed E-state index contributed by atoms with van der Waals surface area (Å²) >= 11 is 0. The Morgan fingerprint density at radius 1 is 0.955 bits per heavy atom. The molecule has 2 atom stereocenters. The number of carbonyl (C=O) groups excluding carboxylic acids is 2. The topological polar surface area (TPSA) is 72.2 Å². The minimum atomic E-state index is -0.391. The van der Waals surface area contributed by atoms with Crippen molar-refractivity contribution in [1.29, 1.82) is 0 Å². The van der Waals surface area contributed by atoms with E-state index in [0.29, 0.717) is 12.8 Å². The van der Waals surface area contributed by atoms with Crippen molar-refractivity contribution in [3.63, 3.8) is 0 Å². The number of nitrogens with two attached hydrogens (primary N) is 1. The smallest absolute Gasteiger partial charge is 0.231 e. The molecule has 4 nitrogen and oxygen atoms in total. The summed E-state index contributed by atoms with van der Waals surface area (Å²) in [5.74, 6) is -0.830. The molecule has 22 heavy (non-hydrogen) atoms. The van der Waals surface area contributed by atoms with Crippen LogP contribution in [-0.2, 0) is 9.59 Å². The second kappa shape index (κ2) is 6.12. The molecule has 0 spiro atoms. The van der Waals surface area contributed by atoms with Crippen LogP contribution in [0.15, 0.2) is 54.6 Å². The summed E-state index contributed by atoms with van der Waals surface area (Å²) in [5, 5.41) is 2.36. The number of benzene rings is 2. The Morgan fingerprint density at radius 2 is 1.59 bits per heavy atom. The normalized spacial score (nSPS) is 19.6. The second-order valence-electron chi connectivity index (χ2n) is 5.57. The number of hydrogen-bond acceptors (Lipinski definition) is 3. The van der Waals surface area contributed by atoms with Crippen molar-refractivity contribution in [3.05, 3.63) is 60.2 Å². The number of carbonyl (C=O) groups is 2. The van der Waals surface area contributed by atoms with E-state index in [9.17, 15) is 9.59 Å². The number of amides is 2. The van der Waals surface area contributed by atoms with Crippen LogP contribution in [0.5, 0.6) is 0 Å². The molecule has 112 valence electrons. The number of imide groups is 1. The summed E-state index contributed by atoms with van der Waals surface area (Å²) in [5.41, 5.74) is 9.39. The maximum Gasteiger partial charge on any atom is 0.231 e. The molecule has 1 aliphatic rings. The van der Waals surface area contributed by atoms with Gasteiger partial charge >= 0.3 is 0 Å². The largest absolute Gasteiger partial charge is 0.323 e. The third-order valence-corrected chi connectivity index (χ3v) is 4.12. The average molecular weight is 294 g/mol. The Hall–Kier alpha value is -2.46. The molecule has 0 radical (unpaired) electrons. The van der Waals surface area contributed by atoms with Crippen LogP contribution >= 0.6 is 0 Å². The Labute approximate surface area is 129 Å². The van der Waals surface area contributed by atoms with Crippen molar-refractivity contribution in [1.82, 2.24) is 5.32 Å². The Balaban J connectivity index is 1.78. The maximum absolute atomic E-state index is 11.9. The van der Waals surface area contributed by atoms with Crippen molar-refractivity contribution >= 4 is 11.8 Å². The third-order valence-electron chi connectivity index (χ3n) is 4.12. The molecule has 1 aliphatic heterocycles. The van der Waals surface area contributed by atoms with Crippen LogP contribution in [0.25, 0.3) is 11.1 Å². The van der Waals surface area contributed by atoms with Crippen molar-refractivity contribution in [2.45, 2.75) is 18.9 Å². The summed E-state index contributed by atoms with van der Waals surface area (Å²) in [6, 6.07) is 17.6. The molecule has 2 unspecified atom stereocenters. The molecule has 2 aromatic carbocycles.